The van der Waals surface area contributed by atoms with E-state index < -0.39 is 0 Å². The molecule has 0 bridgehead atoms. The number of hydrogen-bond donors (Lipinski definition) is 0. The maximum atomic E-state index is 6.15. The van der Waals surface area contributed by atoms with E-state index in [0.29, 0.717) is 11.8 Å². The molecule has 0 saturated heterocycles. The average molecular weight is 356 g/mol. The van der Waals surface area contributed by atoms with E-state index in [1.54, 1.807) is 0 Å². The second-order valence-electron chi connectivity index (χ2n) is 5.16. The number of rotatable bonds is 6. The molecular formula is C16H20BrClN2. The van der Waals surface area contributed by atoms with Crippen molar-refractivity contribution in [2.75, 3.05) is 5.88 Å². The highest BCUT2D eigenvalue weighted by Gasteiger charge is 2.13. The third-order valence-electron chi connectivity index (χ3n) is 3.54. The normalized spacial score (nSPS) is 12.6. The molecule has 2 rings (SSSR count). The van der Waals surface area contributed by atoms with Gasteiger partial charge in [0.05, 0.1) is 5.69 Å². The number of nitrogens with zero attached hydrogens (tertiary/aromatic N) is 2. The predicted molar refractivity (Wildman–Crippen MR) is 88.3 cm³/mol. The Morgan fingerprint density at radius 3 is 2.50 bits per heavy atom. The van der Waals surface area contributed by atoms with Crippen LogP contribution in [0.25, 0.3) is 0 Å². The van der Waals surface area contributed by atoms with Crippen LogP contribution in [0.4, 0.5) is 0 Å². The summed E-state index contributed by atoms with van der Waals surface area (Å²) < 4.78 is 3.10. The maximum absolute atomic E-state index is 6.15. The van der Waals surface area contributed by atoms with Crippen LogP contribution in [0.2, 0.25) is 0 Å². The Balaban J connectivity index is 2.04. The van der Waals surface area contributed by atoms with Gasteiger partial charge < -0.3 is 0 Å². The van der Waals surface area contributed by atoms with Crippen molar-refractivity contribution in [3.8, 4) is 0 Å². The molecular weight excluding hydrogens is 336 g/mol. The van der Waals surface area contributed by atoms with Crippen molar-refractivity contribution in [1.29, 1.82) is 0 Å². The molecule has 0 aliphatic heterocycles. The molecule has 0 N–H and O–H groups in total. The Kier molecular flexibility index (Phi) is 5.67. The van der Waals surface area contributed by atoms with E-state index in [2.05, 4.69) is 58.3 Å². The lowest BCUT2D eigenvalue weighted by Crippen LogP contribution is -2.12. The molecule has 0 saturated carbocycles. The summed E-state index contributed by atoms with van der Waals surface area (Å²) in [6.07, 6.45) is 2.96. The van der Waals surface area contributed by atoms with Gasteiger partial charge >= 0.3 is 0 Å². The third kappa shape index (κ3) is 4.10. The minimum Gasteiger partial charge on any atom is -0.272 e. The van der Waals surface area contributed by atoms with Crippen LogP contribution in [-0.2, 0) is 26.3 Å². The van der Waals surface area contributed by atoms with E-state index in [0.717, 1.165) is 29.4 Å². The first-order valence-electron chi connectivity index (χ1n) is 6.94. The second-order valence-corrected chi connectivity index (χ2v) is 6.38. The molecule has 2 nitrogen and oxygen atoms in total. The number of aryl methyl sites for hydroxylation is 2. The Morgan fingerprint density at radius 2 is 1.95 bits per heavy atom. The van der Waals surface area contributed by atoms with Gasteiger partial charge in [-0.2, -0.15) is 5.10 Å². The molecule has 1 unspecified atom stereocenters. The fraction of sp³-hybridized carbons (Fsp3) is 0.438. The summed E-state index contributed by atoms with van der Waals surface area (Å²) in [6.45, 7) is 2.13. The SMILES string of the molecule is CCc1cc(CC(CCl)Cc2ccc(Br)cc2)n(C)n1. The number of aromatic nitrogens is 2. The quantitative estimate of drug-likeness (QED) is 0.703. The molecule has 0 spiro atoms. The molecule has 1 atom stereocenters. The van der Waals surface area contributed by atoms with Crippen LogP contribution in [0.3, 0.4) is 0 Å². The first-order chi connectivity index (χ1) is 9.62. The topological polar surface area (TPSA) is 17.8 Å². The zero-order chi connectivity index (χ0) is 14.5. The molecule has 0 amide bonds. The molecule has 4 heteroatoms. The van der Waals surface area contributed by atoms with Gasteiger partial charge in [0.1, 0.15) is 0 Å². The van der Waals surface area contributed by atoms with Crippen LogP contribution < -0.4 is 0 Å². The zero-order valence-corrected chi connectivity index (χ0v) is 14.3. The van der Waals surface area contributed by atoms with E-state index in [-0.39, 0.29) is 0 Å². The van der Waals surface area contributed by atoms with E-state index in [9.17, 15) is 0 Å². The summed E-state index contributed by atoms with van der Waals surface area (Å²) in [7, 11) is 2.01. The molecule has 1 aromatic carbocycles. The first kappa shape index (κ1) is 15.6. The largest absolute Gasteiger partial charge is 0.272 e. The zero-order valence-electron chi connectivity index (χ0n) is 11.9. The smallest absolute Gasteiger partial charge is 0.0624 e. The first-order valence-corrected chi connectivity index (χ1v) is 8.27. The fourth-order valence-electron chi connectivity index (χ4n) is 2.37. The molecule has 20 heavy (non-hydrogen) atoms. The van der Waals surface area contributed by atoms with Crippen LogP contribution >= 0.6 is 27.5 Å². The molecule has 2 aromatic rings. The summed E-state index contributed by atoms with van der Waals surface area (Å²) >= 11 is 9.62. The molecule has 1 heterocycles. The van der Waals surface area contributed by atoms with Gasteiger partial charge in [-0.15, -0.1) is 11.6 Å². The average Bonchev–Trinajstić information content (AvgIpc) is 2.81. The molecule has 0 radical (unpaired) electrons. The Hall–Kier alpha value is -0.800. The van der Waals surface area contributed by atoms with Gasteiger partial charge in [0.2, 0.25) is 0 Å². The van der Waals surface area contributed by atoms with Crippen LogP contribution in [0.1, 0.15) is 23.9 Å². The van der Waals surface area contributed by atoms with Crippen LogP contribution in [-0.4, -0.2) is 15.7 Å². The van der Waals surface area contributed by atoms with Crippen LogP contribution in [0.15, 0.2) is 34.8 Å². The van der Waals surface area contributed by atoms with Gasteiger partial charge in [0.25, 0.3) is 0 Å². The molecule has 0 fully saturated rings. The van der Waals surface area contributed by atoms with Gasteiger partial charge in [-0.3, -0.25) is 4.68 Å². The summed E-state index contributed by atoms with van der Waals surface area (Å²) in [5.41, 5.74) is 3.75. The standard InChI is InChI=1S/C16H20BrClN2/c1-3-15-10-16(20(2)19-15)9-13(11-18)8-12-4-6-14(17)7-5-12/h4-7,10,13H,3,8-9,11H2,1-2H3. The minimum atomic E-state index is 0.443. The van der Waals surface area contributed by atoms with Crippen molar-refractivity contribution >= 4 is 27.5 Å². The summed E-state index contributed by atoms with van der Waals surface area (Å²) in [5.74, 6) is 1.11. The summed E-state index contributed by atoms with van der Waals surface area (Å²) in [4.78, 5) is 0. The number of halogens is 2. The molecule has 1 aromatic heterocycles. The molecule has 0 aliphatic carbocycles. The maximum Gasteiger partial charge on any atom is 0.0624 e. The van der Waals surface area contributed by atoms with Crippen LogP contribution in [0.5, 0.6) is 0 Å². The van der Waals surface area contributed by atoms with E-state index in [4.69, 9.17) is 11.6 Å². The monoisotopic (exact) mass is 354 g/mol. The highest BCUT2D eigenvalue weighted by Crippen LogP contribution is 2.19. The number of hydrogen-bond acceptors (Lipinski definition) is 1. The minimum absolute atomic E-state index is 0.443. The van der Waals surface area contributed by atoms with Crippen molar-refractivity contribution < 1.29 is 0 Å². The van der Waals surface area contributed by atoms with Crippen molar-refractivity contribution in [2.24, 2.45) is 13.0 Å². The number of alkyl halides is 1. The fourth-order valence-corrected chi connectivity index (χ4v) is 2.85. The van der Waals surface area contributed by atoms with E-state index in [1.165, 1.54) is 11.3 Å². The predicted octanol–water partition coefficient (Wildman–Crippen LogP) is 4.39. The van der Waals surface area contributed by atoms with Crippen LogP contribution in [0, 0.1) is 5.92 Å². The highest BCUT2D eigenvalue weighted by molar-refractivity contribution is 9.10. The highest BCUT2D eigenvalue weighted by atomic mass is 79.9. The lowest BCUT2D eigenvalue weighted by Gasteiger charge is -2.14. The van der Waals surface area contributed by atoms with Gasteiger partial charge in [-0.1, -0.05) is 35.0 Å². The van der Waals surface area contributed by atoms with Gasteiger partial charge in [-0.05, 0) is 48.9 Å². The Morgan fingerprint density at radius 1 is 1.25 bits per heavy atom. The van der Waals surface area contributed by atoms with Crippen molar-refractivity contribution in [2.45, 2.75) is 26.2 Å². The molecule has 108 valence electrons. The van der Waals surface area contributed by atoms with Crippen molar-refractivity contribution in [3.63, 3.8) is 0 Å². The summed E-state index contributed by atoms with van der Waals surface area (Å²) in [6, 6.07) is 10.7. The Labute approximate surface area is 134 Å². The number of benzene rings is 1. The van der Waals surface area contributed by atoms with E-state index in [1.807, 2.05) is 11.7 Å². The summed E-state index contributed by atoms with van der Waals surface area (Å²) in [5, 5.41) is 4.50. The van der Waals surface area contributed by atoms with Gasteiger partial charge in [-0.25, -0.2) is 0 Å². The second kappa shape index (κ2) is 7.28. The third-order valence-corrected chi connectivity index (χ3v) is 4.51. The molecule has 0 aliphatic rings. The Bertz CT molecular complexity index is 548. The lowest BCUT2D eigenvalue weighted by atomic mass is 9.96. The van der Waals surface area contributed by atoms with Gasteiger partial charge in [0, 0.05) is 23.1 Å². The van der Waals surface area contributed by atoms with Crippen molar-refractivity contribution in [1.82, 2.24) is 9.78 Å². The van der Waals surface area contributed by atoms with Crippen molar-refractivity contribution in [3.05, 3.63) is 51.8 Å². The van der Waals surface area contributed by atoms with Gasteiger partial charge in [0.15, 0.2) is 0 Å². The van der Waals surface area contributed by atoms with E-state index >= 15 is 0 Å². The lowest BCUT2D eigenvalue weighted by molar-refractivity contribution is 0.551.